The van der Waals surface area contributed by atoms with Crippen LogP contribution in [0.15, 0.2) is 24.3 Å². The normalized spacial score (nSPS) is 19.0. The van der Waals surface area contributed by atoms with Gasteiger partial charge in [-0.15, -0.1) is 5.10 Å². The lowest BCUT2D eigenvalue weighted by Crippen LogP contribution is -2.45. The molecule has 2 unspecified atom stereocenters. The summed E-state index contributed by atoms with van der Waals surface area (Å²) in [6.45, 7) is 9.64. The number of hydrogen-bond donors (Lipinski definition) is 1. The lowest BCUT2D eigenvalue weighted by atomic mass is 9.92. The predicted octanol–water partition coefficient (Wildman–Crippen LogP) is 2.90. The first-order valence-electron chi connectivity index (χ1n) is 9.46. The van der Waals surface area contributed by atoms with E-state index in [4.69, 9.17) is 5.73 Å². The van der Waals surface area contributed by atoms with Crippen molar-refractivity contribution in [3.8, 4) is 5.69 Å². The molecule has 1 aliphatic rings. The van der Waals surface area contributed by atoms with Crippen LogP contribution in [-0.4, -0.2) is 44.7 Å². The summed E-state index contributed by atoms with van der Waals surface area (Å²) in [4.78, 5) is 19.2. The van der Waals surface area contributed by atoms with Crippen LogP contribution < -0.4 is 5.73 Å². The Hall–Kier alpha value is -2.21. The van der Waals surface area contributed by atoms with Crippen LogP contribution in [0.25, 0.3) is 5.69 Å². The van der Waals surface area contributed by atoms with Gasteiger partial charge in [0.1, 0.15) is 5.82 Å². The number of nitrogens with two attached hydrogens (primary N) is 1. The second kappa shape index (κ2) is 7.58. The first kappa shape index (κ1) is 18.6. The molecule has 1 aromatic heterocycles. The Bertz CT molecular complexity index is 780. The monoisotopic (exact) mass is 355 g/mol. The summed E-state index contributed by atoms with van der Waals surface area (Å²) in [6.07, 6.45) is 2.05. The molecular weight excluding hydrogens is 326 g/mol. The van der Waals surface area contributed by atoms with Crippen LogP contribution in [0, 0.1) is 12.8 Å². The summed E-state index contributed by atoms with van der Waals surface area (Å²) in [5.41, 5.74) is 8.22. The molecule has 1 amide bonds. The summed E-state index contributed by atoms with van der Waals surface area (Å²) in [5.74, 6) is 1.60. The van der Waals surface area contributed by atoms with Crippen molar-refractivity contribution in [2.75, 3.05) is 13.1 Å². The maximum Gasteiger partial charge on any atom is 0.293 e. The van der Waals surface area contributed by atoms with Crippen molar-refractivity contribution < 1.29 is 4.79 Å². The smallest absolute Gasteiger partial charge is 0.293 e. The minimum Gasteiger partial charge on any atom is -0.336 e. The minimum absolute atomic E-state index is 0.0933. The quantitative estimate of drug-likeness (QED) is 0.915. The van der Waals surface area contributed by atoms with E-state index in [-0.39, 0.29) is 17.8 Å². The van der Waals surface area contributed by atoms with E-state index < -0.39 is 0 Å². The van der Waals surface area contributed by atoms with E-state index in [9.17, 15) is 4.79 Å². The lowest BCUT2D eigenvalue weighted by molar-refractivity contribution is 0.0648. The highest BCUT2D eigenvalue weighted by atomic mass is 16.2. The van der Waals surface area contributed by atoms with Gasteiger partial charge in [0.05, 0.1) is 5.69 Å². The highest BCUT2D eigenvalue weighted by Crippen LogP contribution is 2.24. The van der Waals surface area contributed by atoms with E-state index in [1.165, 1.54) is 5.56 Å². The SMILES string of the molecule is Cc1nc(C(=O)N2CCCC(C(C)N)C2)nn1-c1ccccc1C(C)C. The lowest BCUT2D eigenvalue weighted by Gasteiger charge is -2.33. The van der Waals surface area contributed by atoms with Gasteiger partial charge in [0.25, 0.3) is 5.91 Å². The molecule has 0 radical (unpaired) electrons. The highest BCUT2D eigenvalue weighted by molar-refractivity contribution is 5.90. The van der Waals surface area contributed by atoms with Crippen LogP contribution in [0.5, 0.6) is 0 Å². The number of aromatic nitrogens is 3. The van der Waals surface area contributed by atoms with Crippen molar-refractivity contribution in [2.24, 2.45) is 11.7 Å². The van der Waals surface area contributed by atoms with Crippen LogP contribution in [-0.2, 0) is 0 Å². The van der Waals surface area contributed by atoms with Crippen LogP contribution >= 0.6 is 0 Å². The zero-order valence-electron chi connectivity index (χ0n) is 16.1. The number of carbonyl (C=O) groups is 1. The van der Waals surface area contributed by atoms with E-state index >= 15 is 0 Å². The molecule has 0 bridgehead atoms. The topological polar surface area (TPSA) is 77.0 Å². The average Bonchev–Trinajstić information content (AvgIpc) is 3.02. The van der Waals surface area contributed by atoms with Crippen molar-refractivity contribution in [1.82, 2.24) is 19.7 Å². The van der Waals surface area contributed by atoms with Crippen LogP contribution in [0.4, 0.5) is 0 Å². The molecule has 6 heteroatoms. The van der Waals surface area contributed by atoms with Crippen molar-refractivity contribution in [3.63, 3.8) is 0 Å². The Labute approximate surface area is 155 Å². The average molecular weight is 355 g/mol. The molecule has 1 aromatic carbocycles. The van der Waals surface area contributed by atoms with Gasteiger partial charge >= 0.3 is 0 Å². The van der Waals surface area contributed by atoms with Crippen molar-refractivity contribution in [1.29, 1.82) is 0 Å². The molecule has 2 N–H and O–H groups in total. The molecule has 1 saturated heterocycles. The number of aryl methyl sites for hydroxylation is 1. The fourth-order valence-corrected chi connectivity index (χ4v) is 3.64. The molecule has 26 heavy (non-hydrogen) atoms. The Morgan fingerprint density at radius 1 is 1.27 bits per heavy atom. The van der Waals surface area contributed by atoms with Crippen molar-refractivity contribution in [2.45, 2.75) is 52.5 Å². The van der Waals surface area contributed by atoms with Gasteiger partial charge in [0.2, 0.25) is 5.82 Å². The summed E-state index contributed by atoms with van der Waals surface area (Å²) in [7, 11) is 0. The summed E-state index contributed by atoms with van der Waals surface area (Å²) >= 11 is 0. The molecular formula is C20H29N5O. The first-order chi connectivity index (χ1) is 12.4. The fraction of sp³-hybridized carbons (Fsp3) is 0.550. The molecule has 0 aliphatic carbocycles. The standard InChI is InChI=1S/C20H29N5O/c1-13(2)17-9-5-6-10-18(17)25-15(4)22-19(23-25)20(26)24-11-7-8-16(12-24)14(3)21/h5-6,9-10,13-14,16H,7-8,11-12,21H2,1-4H3. The third-order valence-corrected chi connectivity index (χ3v) is 5.24. The molecule has 1 fully saturated rings. The van der Waals surface area contributed by atoms with Gasteiger partial charge in [0.15, 0.2) is 0 Å². The number of carbonyl (C=O) groups excluding carboxylic acids is 1. The molecule has 140 valence electrons. The van der Waals surface area contributed by atoms with Gasteiger partial charge in [-0.1, -0.05) is 32.0 Å². The minimum atomic E-state index is -0.0979. The molecule has 0 saturated carbocycles. The maximum absolute atomic E-state index is 12.9. The number of para-hydroxylation sites is 1. The fourth-order valence-electron chi connectivity index (χ4n) is 3.64. The van der Waals surface area contributed by atoms with Gasteiger partial charge in [-0.05, 0) is 50.2 Å². The van der Waals surface area contributed by atoms with Gasteiger partial charge in [-0.25, -0.2) is 9.67 Å². The number of likely N-dealkylation sites (tertiary alicyclic amines) is 1. The van der Waals surface area contributed by atoms with E-state index in [2.05, 4.69) is 30.0 Å². The molecule has 2 aromatic rings. The van der Waals surface area contributed by atoms with Crippen molar-refractivity contribution >= 4 is 5.91 Å². The molecule has 1 aliphatic heterocycles. The Balaban J connectivity index is 1.88. The zero-order chi connectivity index (χ0) is 18.8. The number of nitrogens with zero attached hydrogens (tertiary/aromatic N) is 4. The number of amides is 1. The zero-order valence-corrected chi connectivity index (χ0v) is 16.1. The molecule has 3 rings (SSSR count). The van der Waals surface area contributed by atoms with Crippen molar-refractivity contribution in [3.05, 3.63) is 41.5 Å². The second-order valence-corrected chi connectivity index (χ2v) is 7.62. The third kappa shape index (κ3) is 3.65. The van der Waals surface area contributed by atoms with E-state index in [1.54, 1.807) is 4.68 Å². The Morgan fingerprint density at radius 3 is 2.69 bits per heavy atom. The summed E-state index contributed by atoms with van der Waals surface area (Å²) < 4.78 is 1.79. The summed E-state index contributed by atoms with van der Waals surface area (Å²) in [6, 6.07) is 8.23. The maximum atomic E-state index is 12.9. The predicted molar refractivity (Wildman–Crippen MR) is 102 cm³/mol. The summed E-state index contributed by atoms with van der Waals surface area (Å²) in [5, 5.41) is 4.55. The first-order valence-corrected chi connectivity index (χ1v) is 9.46. The van der Waals surface area contributed by atoms with E-state index in [1.807, 2.05) is 36.9 Å². The van der Waals surface area contributed by atoms with Gasteiger partial charge < -0.3 is 10.6 Å². The van der Waals surface area contributed by atoms with Gasteiger partial charge in [0, 0.05) is 19.1 Å². The number of rotatable bonds is 4. The largest absolute Gasteiger partial charge is 0.336 e. The second-order valence-electron chi connectivity index (χ2n) is 7.62. The van der Waals surface area contributed by atoms with Crippen LogP contribution in [0.2, 0.25) is 0 Å². The molecule has 2 atom stereocenters. The number of piperidine rings is 1. The highest BCUT2D eigenvalue weighted by Gasteiger charge is 2.29. The van der Waals surface area contributed by atoms with Crippen LogP contribution in [0.3, 0.4) is 0 Å². The van der Waals surface area contributed by atoms with Crippen LogP contribution in [0.1, 0.15) is 61.5 Å². The number of benzene rings is 1. The van der Waals surface area contributed by atoms with E-state index in [0.29, 0.717) is 18.4 Å². The van der Waals surface area contributed by atoms with Gasteiger partial charge in [-0.2, -0.15) is 0 Å². The molecule has 0 spiro atoms. The Kier molecular flexibility index (Phi) is 5.41. The third-order valence-electron chi connectivity index (χ3n) is 5.24. The molecule has 2 heterocycles. The Morgan fingerprint density at radius 2 is 2.00 bits per heavy atom. The molecule has 6 nitrogen and oxygen atoms in total. The van der Waals surface area contributed by atoms with Gasteiger partial charge in [-0.3, -0.25) is 4.79 Å². The number of hydrogen-bond acceptors (Lipinski definition) is 4. The van der Waals surface area contributed by atoms with E-state index in [0.717, 1.165) is 30.9 Å².